The lowest BCUT2D eigenvalue weighted by Crippen LogP contribution is -2.22. The van der Waals surface area contributed by atoms with Gasteiger partial charge in [-0.15, -0.1) is 0 Å². The second-order valence-corrected chi connectivity index (χ2v) is 4.53. The summed E-state index contributed by atoms with van der Waals surface area (Å²) in [4.78, 5) is 0. The second-order valence-electron chi connectivity index (χ2n) is 4.53. The zero-order valence-corrected chi connectivity index (χ0v) is 11.5. The lowest BCUT2D eigenvalue weighted by molar-refractivity contribution is 0.426. The van der Waals surface area contributed by atoms with Gasteiger partial charge in [-0.1, -0.05) is 13.8 Å². The first-order chi connectivity index (χ1) is 8.67. The molecule has 0 aliphatic heterocycles. The summed E-state index contributed by atoms with van der Waals surface area (Å²) in [5.41, 5.74) is 2.36. The Bertz CT molecular complexity index is 491. The minimum absolute atomic E-state index is 0.0797. The molecule has 0 fully saturated rings. The molecule has 2 rings (SSSR count). The Labute approximate surface area is 108 Å². The molecule has 0 amide bonds. The highest BCUT2D eigenvalue weighted by molar-refractivity contribution is 5.31. The minimum Gasteiger partial charge on any atom is -0.469 e. The van der Waals surface area contributed by atoms with E-state index in [0.29, 0.717) is 0 Å². The topological polar surface area (TPSA) is 38.3 Å². The van der Waals surface area contributed by atoms with Crippen LogP contribution < -0.4 is 5.32 Å². The van der Waals surface area contributed by atoms with Crippen LogP contribution in [-0.2, 0) is 6.42 Å². The van der Waals surface area contributed by atoms with Crippen molar-refractivity contribution in [1.82, 2.24) is 5.32 Å². The van der Waals surface area contributed by atoms with Gasteiger partial charge >= 0.3 is 0 Å². The van der Waals surface area contributed by atoms with Gasteiger partial charge in [0.05, 0.1) is 12.3 Å². The molecule has 0 radical (unpaired) electrons. The molecular weight excluding hydrogens is 226 g/mol. The molecule has 3 heteroatoms. The van der Waals surface area contributed by atoms with Crippen LogP contribution in [0.4, 0.5) is 0 Å². The van der Waals surface area contributed by atoms with Crippen molar-refractivity contribution in [2.45, 2.75) is 40.2 Å². The van der Waals surface area contributed by atoms with Gasteiger partial charge in [0.1, 0.15) is 17.3 Å². The molecule has 0 saturated carbocycles. The Hall–Kier alpha value is -1.48. The first-order valence-corrected chi connectivity index (χ1v) is 6.53. The number of rotatable bonds is 5. The van der Waals surface area contributed by atoms with E-state index in [1.807, 2.05) is 13.0 Å². The third-order valence-corrected chi connectivity index (χ3v) is 3.29. The fourth-order valence-corrected chi connectivity index (χ4v) is 2.21. The summed E-state index contributed by atoms with van der Waals surface area (Å²) in [6, 6.07) is 4.21. The van der Waals surface area contributed by atoms with E-state index >= 15 is 0 Å². The van der Waals surface area contributed by atoms with E-state index < -0.39 is 0 Å². The van der Waals surface area contributed by atoms with Gasteiger partial charge < -0.3 is 14.2 Å². The maximum atomic E-state index is 5.85. The van der Waals surface area contributed by atoms with Crippen molar-refractivity contribution in [1.29, 1.82) is 0 Å². The Morgan fingerprint density at radius 1 is 1.28 bits per heavy atom. The molecule has 2 aromatic heterocycles. The van der Waals surface area contributed by atoms with Crippen LogP contribution in [0.15, 0.2) is 27.2 Å². The molecule has 18 heavy (non-hydrogen) atoms. The van der Waals surface area contributed by atoms with Crippen LogP contribution in [-0.4, -0.2) is 6.54 Å². The molecular formula is C15H21NO2. The first kappa shape index (κ1) is 13.0. The normalized spacial score (nSPS) is 12.9. The molecule has 0 spiro atoms. The standard InChI is InChI=1S/C15H21NO2/c1-5-13-12(7-8-17-13)15(16-6-2)14-9-10(3)11(4)18-14/h7-9,15-16H,5-6H2,1-4H3. The molecule has 98 valence electrons. The summed E-state index contributed by atoms with van der Waals surface area (Å²) in [5.74, 6) is 2.96. The number of hydrogen-bond acceptors (Lipinski definition) is 3. The van der Waals surface area contributed by atoms with E-state index in [-0.39, 0.29) is 6.04 Å². The van der Waals surface area contributed by atoms with Crippen molar-refractivity contribution in [2.75, 3.05) is 6.54 Å². The van der Waals surface area contributed by atoms with Crippen LogP contribution >= 0.6 is 0 Å². The second kappa shape index (κ2) is 5.44. The highest BCUT2D eigenvalue weighted by Gasteiger charge is 2.21. The molecule has 2 aromatic rings. The minimum atomic E-state index is 0.0797. The molecule has 1 atom stereocenters. The molecule has 0 aromatic carbocycles. The van der Waals surface area contributed by atoms with Gasteiger partial charge in [-0.25, -0.2) is 0 Å². The summed E-state index contributed by atoms with van der Waals surface area (Å²) < 4.78 is 11.4. The Balaban J connectivity index is 2.39. The number of nitrogens with one attached hydrogen (secondary N) is 1. The average molecular weight is 247 g/mol. The average Bonchev–Trinajstić information content (AvgIpc) is 2.94. The molecule has 0 bridgehead atoms. The summed E-state index contributed by atoms with van der Waals surface area (Å²) in [6.45, 7) is 9.16. The molecule has 2 heterocycles. The monoisotopic (exact) mass is 247 g/mol. The van der Waals surface area contributed by atoms with Gasteiger partial charge in [0.15, 0.2) is 0 Å². The molecule has 0 saturated heterocycles. The van der Waals surface area contributed by atoms with Gasteiger partial charge in [-0.05, 0) is 38.1 Å². The van der Waals surface area contributed by atoms with E-state index in [4.69, 9.17) is 8.83 Å². The molecule has 1 N–H and O–H groups in total. The number of aryl methyl sites for hydroxylation is 3. The van der Waals surface area contributed by atoms with Crippen LogP contribution in [0, 0.1) is 13.8 Å². The van der Waals surface area contributed by atoms with Crippen LogP contribution in [0.5, 0.6) is 0 Å². The van der Waals surface area contributed by atoms with Gasteiger partial charge in [0.25, 0.3) is 0 Å². The molecule has 0 aliphatic carbocycles. The SMILES string of the molecule is CCNC(c1cc(C)c(C)o1)c1ccoc1CC. The molecule has 0 aliphatic rings. The van der Waals surface area contributed by atoms with Gasteiger partial charge in [-0.3, -0.25) is 0 Å². The Morgan fingerprint density at radius 2 is 2.06 bits per heavy atom. The van der Waals surface area contributed by atoms with Crippen molar-refractivity contribution in [3.63, 3.8) is 0 Å². The lowest BCUT2D eigenvalue weighted by atomic mass is 10.0. The van der Waals surface area contributed by atoms with Gasteiger partial charge in [0.2, 0.25) is 0 Å². The molecule has 3 nitrogen and oxygen atoms in total. The van der Waals surface area contributed by atoms with E-state index in [2.05, 4.69) is 32.2 Å². The van der Waals surface area contributed by atoms with Crippen molar-refractivity contribution >= 4 is 0 Å². The van der Waals surface area contributed by atoms with E-state index in [9.17, 15) is 0 Å². The summed E-state index contributed by atoms with van der Waals surface area (Å²) in [5, 5.41) is 3.46. The highest BCUT2D eigenvalue weighted by atomic mass is 16.3. The largest absolute Gasteiger partial charge is 0.469 e. The highest BCUT2D eigenvalue weighted by Crippen LogP contribution is 2.29. The fourth-order valence-electron chi connectivity index (χ4n) is 2.21. The maximum Gasteiger partial charge on any atom is 0.126 e. The lowest BCUT2D eigenvalue weighted by Gasteiger charge is -2.15. The molecule has 1 unspecified atom stereocenters. The van der Waals surface area contributed by atoms with Crippen molar-refractivity contribution in [2.24, 2.45) is 0 Å². The quantitative estimate of drug-likeness (QED) is 0.874. The van der Waals surface area contributed by atoms with Crippen LogP contribution in [0.2, 0.25) is 0 Å². The zero-order chi connectivity index (χ0) is 13.1. The van der Waals surface area contributed by atoms with E-state index in [0.717, 1.165) is 30.2 Å². The van der Waals surface area contributed by atoms with Crippen molar-refractivity contribution in [3.05, 3.63) is 46.8 Å². The summed E-state index contributed by atoms with van der Waals surface area (Å²) in [7, 11) is 0. The summed E-state index contributed by atoms with van der Waals surface area (Å²) in [6.07, 6.45) is 2.64. The van der Waals surface area contributed by atoms with Crippen LogP contribution in [0.3, 0.4) is 0 Å². The predicted molar refractivity (Wildman–Crippen MR) is 71.8 cm³/mol. The summed E-state index contributed by atoms with van der Waals surface area (Å²) >= 11 is 0. The maximum absolute atomic E-state index is 5.85. The van der Waals surface area contributed by atoms with Crippen molar-refractivity contribution in [3.8, 4) is 0 Å². The fraction of sp³-hybridized carbons (Fsp3) is 0.467. The predicted octanol–water partition coefficient (Wildman–Crippen LogP) is 3.75. The zero-order valence-electron chi connectivity index (χ0n) is 11.5. The Morgan fingerprint density at radius 3 is 2.61 bits per heavy atom. The van der Waals surface area contributed by atoms with Gasteiger partial charge in [0, 0.05) is 12.0 Å². The van der Waals surface area contributed by atoms with E-state index in [1.54, 1.807) is 6.26 Å². The van der Waals surface area contributed by atoms with Crippen LogP contribution in [0.1, 0.15) is 48.3 Å². The first-order valence-electron chi connectivity index (χ1n) is 6.53. The number of hydrogen-bond donors (Lipinski definition) is 1. The number of furan rings is 2. The smallest absolute Gasteiger partial charge is 0.126 e. The van der Waals surface area contributed by atoms with Crippen LogP contribution in [0.25, 0.3) is 0 Å². The van der Waals surface area contributed by atoms with Crippen molar-refractivity contribution < 1.29 is 8.83 Å². The third-order valence-electron chi connectivity index (χ3n) is 3.29. The Kier molecular flexibility index (Phi) is 3.92. The third kappa shape index (κ3) is 2.36. The van der Waals surface area contributed by atoms with Gasteiger partial charge in [-0.2, -0.15) is 0 Å². The van der Waals surface area contributed by atoms with E-state index in [1.165, 1.54) is 11.1 Å².